The van der Waals surface area contributed by atoms with Crippen molar-refractivity contribution in [3.05, 3.63) is 82.9 Å². The number of aliphatic hydroxyl groups excluding tert-OH is 1. The smallest absolute Gasteiger partial charge is 0.123 e. The van der Waals surface area contributed by atoms with Crippen molar-refractivity contribution in [2.24, 2.45) is 0 Å². The van der Waals surface area contributed by atoms with Crippen molar-refractivity contribution >= 4 is 0 Å². The van der Waals surface area contributed by atoms with Gasteiger partial charge in [-0.15, -0.1) is 0 Å². The van der Waals surface area contributed by atoms with Crippen LogP contribution in [0.2, 0.25) is 0 Å². The predicted octanol–water partition coefficient (Wildman–Crippen LogP) is 3.74. The van der Waals surface area contributed by atoms with Gasteiger partial charge in [0.25, 0.3) is 0 Å². The van der Waals surface area contributed by atoms with E-state index >= 15 is 0 Å². The van der Waals surface area contributed by atoms with Crippen LogP contribution in [0.25, 0.3) is 5.69 Å². The number of aryl methyl sites for hydroxylation is 1. The summed E-state index contributed by atoms with van der Waals surface area (Å²) in [4.78, 5) is 5.01. The first kappa shape index (κ1) is 22.6. The van der Waals surface area contributed by atoms with Crippen LogP contribution in [0, 0.1) is 19.7 Å². The molecule has 5 nitrogen and oxygen atoms in total. The minimum atomic E-state index is -0.240. The molecule has 0 aliphatic carbocycles. The van der Waals surface area contributed by atoms with Crippen molar-refractivity contribution in [3.63, 3.8) is 0 Å². The highest BCUT2D eigenvalue weighted by Crippen LogP contribution is 2.22. The van der Waals surface area contributed by atoms with Gasteiger partial charge in [0.15, 0.2) is 0 Å². The number of aliphatic hydroxyl groups is 1. The Bertz CT molecular complexity index is 1000. The molecule has 4 rings (SSSR count). The van der Waals surface area contributed by atoms with Crippen LogP contribution < -0.4 is 0 Å². The lowest BCUT2D eigenvalue weighted by Gasteiger charge is -2.41. The van der Waals surface area contributed by atoms with Crippen molar-refractivity contribution in [1.29, 1.82) is 0 Å². The summed E-state index contributed by atoms with van der Waals surface area (Å²) in [6.45, 7) is 9.13. The Morgan fingerprint density at radius 3 is 2.50 bits per heavy atom. The quantitative estimate of drug-likeness (QED) is 0.584. The molecular formula is C26H33FN4O. The van der Waals surface area contributed by atoms with E-state index in [2.05, 4.69) is 47.1 Å². The Morgan fingerprint density at radius 2 is 1.78 bits per heavy atom. The molecule has 0 amide bonds. The third kappa shape index (κ3) is 5.26. The first-order chi connectivity index (χ1) is 15.5. The first-order valence-electron chi connectivity index (χ1n) is 11.5. The fourth-order valence-corrected chi connectivity index (χ4v) is 4.70. The number of aromatic nitrogens is 2. The molecule has 1 aliphatic heterocycles. The van der Waals surface area contributed by atoms with Gasteiger partial charge in [-0.25, -0.2) is 9.07 Å². The van der Waals surface area contributed by atoms with Crippen LogP contribution in [-0.4, -0.2) is 63.5 Å². The SMILES string of the molecule is Cc1nn(-c2ccc(F)cc2)c(C)c1CN1CCN(CCc2ccccc2)C(CCO)C1. The molecule has 1 aromatic heterocycles. The molecule has 0 saturated carbocycles. The summed E-state index contributed by atoms with van der Waals surface area (Å²) in [6.07, 6.45) is 1.82. The van der Waals surface area contributed by atoms with Gasteiger partial charge in [0.05, 0.1) is 11.4 Å². The molecule has 170 valence electrons. The molecule has 2 heterocycles. The molecule has 0 radical (unpaired) electrons. The zero-order valence-corrected chi connectivity index (χ0v) is 19.0. The summed E-state index contributed by atoms with van der Waals surface area (Å²) in [6, 6.07) is 17.4. The standard InChI is InChI=1S/C26H33FN4O/c1-20-26(21(2)31(28-20)24-10-8-23(27)9-11-24)19-29-15-16-30(25(18-29)13-17-32)14-12-22-6-4-3-5-7-22/h3-11,25,32H,12-19H2,1-2H3. The van der Waals surface area contributed by atoms with Crippen molar-refractivity contribution in [2.45, 2.75) is 39.3 Å². The molecule has 1 unspecified atom stereocenters. The van der Waals surface area contributed by atoms with E-state index in [1.807, 2.05) is 11.6 Å². The van der Waals surface area contributed by atoms with Gasteiger partial charge >= 0.3 is 0 Å². The Kier molecular flexibility index (Phi) is 7.35. The van der Waals surface area contributed by atoms with E-state index in [9.17, 15) is 9.50 Å². The first-order valence-corrected chi connectivity index (χ1v) is 11.5. The second kappa shape index (κ2) is 10.4. The number of hydrogen-bond acceptors (Lipinski definition) is 4. The Hall–Kier alpha value is -2.54. The van der Waals surface area contributed by atoms with E-state index in [-0.39, 0.29) is 12.4 Å². The largest absolute Gasteiger partial charge is 0.396 e. The van der Waals surface area contributed by atoms with E-state index in [0.717, 1.165) is 62.6 Å². The van der Waals surface area contributed by atoms with Crippen molar-refractivity contribution in [3.8, 4) is 5.69 Å². The second-order valence-electron chi connectivity index (χ2n) is 8.71. The number of halogens is 1. The van der Waals surface area contributed by atoms with Crippen LogP contribution in [0.4, 0.5) is 4.39 Å². The lowest BCUT2D eigenvalue weighted by atomic mass is 10.1. The molecule has 1 atom stereocenters. The number of rotatable bonds is 8. The van der Waals surface area contributed by atoms with E-state index in [0.29, 0.717) is 6.04 Å². The van der Waals surface area contributed by atoms with Gasteiger partial charge in [-0.05, 0) is 56.5 Å². The fraction of sp³-hybridized carbons (Fsp3) is 0.423. The Labute approximate surface area is 190 Å². The minimum absolute atomic E-state index is 0.209. The number of nitrogens with zero attached hydrogens (tertiary/aromatic N) is 4. The Morgan fingerprint density at radius 1 is 1.03 bits per heavy atom. The van der Waals surface area contributed by atoms with Gasteiger partial charge < -0.3 is 5.11 Å². The zero-order chi connectivity index (χ0) is 22.5. The molecule has 1 N–H and O–H groups in total. The van der Waals surface area contributed by atoms with Gasteiger partial charge in [0.2, 0.25) is 0 Å². The molecule has 0 spiro atoms. The highest BCUT2D eigenvalue weighted by atomic mass is 19.1. The Balaban J connectivity index is 1.42. The fourth-order valence-electron chi connectivity index (χ4n) is 4.70. The average Bonchev–Trinajstić information content (AvgIpc) is 3.08. The van der Waals surface area contributed by atoms with E-state index in [4.69, 9.17) is 5.10 Å². The highest BCUT2D eigenvalue weighted by molar-refractivity contribution is 5.37. The van der Waals surface area contributed by atoms with Gasteiger partial charge in [0, 0.05) is 56.6 Å². The van der Waals surface area contributed by atoms with E-state index < -0.39 is 0 Å². The molecule has 1 saturated heterocycles. The van der Waals surface area contributed by atoms with Crippen LogP contribution in [0.1, 0.15) is 28.9 Å². The van der Waals surface area contributed by atoms with Crippen molar-refractivity contribution in [2.75, 3.05) is 32.8 Å². The van der Waals surface area contributed by atoms with Crippen molar-refractivity contribution in [1.82, 2.24) is 19.6 Å². The molecule has 6 heteroatoms. The van der Waals surface area contributed by atoms with E-state index in [1.165, 1.54) is 23.3 Å². The van der Waals surface area contributed by atoms with E-state index in [1.54, 1.807) is 12.1 Å². The summed E-state index contributed by atoms with van der Waals surface area (Å²) in [5, 5.41) is 14.4. The lowest BCUT2D eigenvalue weighted by molar-refractivity contribution is 0.0560. The molecule has 0 bridgehead atoms. The lowest BCUT2D eigenvalue weighted by Crippen LogP contribution is -2.53. The van der Waals surface area contributed by atoms with Gasteiger partial charge in [-0.1, -0.05) is 30.3 Å². The minimum Gasteiger partial charge on any atom is -0.396 e. The maximum absolute atomic E-state index is 13.3. The van der Waals surface area contributed by atoms with Gasteiger partial charge in [-0.2, -0.15) is 5.10 Å². The molecule has 1 aliphatic rings. The van der Waals surface area contributed by atoms with Crippen LogP contribution in [-0.2, 0) is 13.0 Å². The molecule has 2 aromatic carbocycles. The van der Waals surface area contributed by atoms with Crippen molar-refractivity contribution < 1.29 is 9.50 Å². The van der Waals surface area contributed by atoms with Gasteiger partial charge in [-0.3, -0.25) is 9.80 Å². The van der Waals surface area contributed by atoms with Crippen LogP contribution in [0.3, 0.4) is 0 Å². The zero-order valence-electron chi connectivity index (χ0n) is 19.0. The summed E-state index contributed by atoms with van der Waals surface area (Å²) < 4.78 is 15.2. The topological polar surface area (TPSA) is 44.5 Å². The average molecular weight is 437 g/mol. The monoisotopic (exact) mass is 436 g/mol. The predicted molar refractivity (Wildman–Crippen MR) is 125 cm³/mol. The summed E-state index contributed by atoms with van der Waals surface area (Å²) in [5.41, 5.74) is 5.57. The van der Waals surface area contributed by atoms with Crippen LogP contribution >= 0.6 is 0 Å². The normalized spacial score (nSPS) is 17.7. The summed E-state index contributed by atoms with van der Waals surface area (Å²) >= 11 is 0. The van der Waals surface area contributed by atoms with Gasteiger partial charge in [0.1, 0.15) is 5.82 Å². The third-order valence-electron chi connectivity index (χ3n) is 6.58. The molecule has 1 fully saturated rings. The molecular weight excluding hydrogens is 403 g/mol. The second-order valence-corrected chi connectivity index (χ2v) is 8.71. The van der Waals surface area contributed by atoms with Crippen LogP contribution in [0.5, 0.6) is 0 Å². The number of hydrogen-bond donors (Lipinski definition) is 1. The maximum Gasteiger partial charge on any atom is 0.123 e. The highest BCUT2D eigenvalue weighted by Gasteiger charge is 2.27. The molecule has 32 heavy (non-hydrogen) atoms. The maximum atomic E-state index is 13.3. The number of piperazine rings is 1. The van der Waals surface area contributed by atoms with Crippen LogP contribution in [0.15, 0.2) is 54.6 Å². The third-order valence-corrected chi connectivity index (χ3v) is 6.58. The number of benzene rings is 2. The molecule has 3 aromatic rings. The summed E-state index contributed by atoms with van der Waals surface area (Å²) in [5.74, 6) is -0.240. The summed E-state index contributed by atoms with van der Waals surface area (Å²) in [7, 11) is 0.